The highest BCUT2D eigenvalue weighted by Crippen LogP contribution is 2.29. The number of hydrogen-bond donors (Lipinski definition) is 0. The summed E-state index contributed by atoms with van der Waals surface area (Å²) in [6.45, 7) is 2.01. The van der Waals surface area contributed by atoms with Crippen molar-refractivity contribution in [3.05, 3.63) is 94.7 Å². The van der Waals surface area contributed by atoms with Crippen molar-refractivity contribution in [2.24, 2.45) is 0 Å². The number of aromatic nitrogens is 2. The normalized spacial score (nSPS) is 11.6. The van der Waals surface area contributed by atoms with E-state index in [0.717, 1.165) is 33.5 Å². The number of sulfone groups is 1. The van der Waals surface area contributed by atoms with Crippen molar-refractivity contribution in [3.8, 4) is 11.3 Å². The van der Waals surface area contributed by atoms with Gasteiger partial charge in [0.1, 0.15) is 0 Å². The molecule has 0 radical (unpaired) electrons. The van der Waals surface area contributed by atoms with Crippen molar-refractivity contribution in [3.63, 3.8) is 0 Å². The van der Waals surface area contributed by atoms with Crippen LogP contribution in [0.25, 0.3) is 16.8 Å². The third-order valence-corrected chi connectivity index (χ3v) is 6.07. The van der Waals surface area contributed by atoms with E-state index in [0.29, 0.717) is 17.5 Å². The van der Waals surface area contributed by atoms with Crippen LogP contribution in [-0.2, 0) is 26.7 Å². The van der Waals surface area contributed by atoms with Crippen LogP contribution in [0.4, 0.5) is 0 Å². The highest BCUT2D eigenvalue weighted by atomic mass is 32.2. The summed E-state index contributed by atoms with van der Waals surface area (Å²) in [5.41, 5.74) is 6.60. The molecule has 2 aromatic heterocycles. The topological polar surface area (TPSA) is 77.7 Å². The van der Waals surface area contributed by atoms with Gasteiger partial charge in [0.2, 0.25) is 0 Å². The highest BCUT2D eigenvalue weighted by molar-refractivity contribution is 7.89. The van der Waals surface area contributed by atoms with Crippen molar-refractivity contribution in [1.29, 1.82) is 0 Å². The van der Waals surface area contributed by atoms with Gasteiger partial charge in [0.05, 0.1) is 29.6 Å². The third-order valence-electron chi connectivity index (χ3n) is 5.21. The predicted octanol–water partition coefficient (Wildman–Crippen LogP) is 4.23. The van der Waals surface area contributed by atoms with Crippen LogP contribution in [0.1, 0.15) is 32.6 Å². The number of carbonyl (C=O) groups excluding carboxylic acids is 1. The number of methoxy groups -OCH3 is 1. The Kier molecular flexibility index (Phi) is 5.84. The molecule has 6 nitrogen and oxygen atoms in total. The standard InChI is InChI=1S/C25H24N2O4S/c1-17-9-10-23-22(24(26-27(23)15-17)20-7-5-4-6-8-20)14-18-11-19(16-32(3,29)30)13-21(12-18)25(28)31-2/h4-13,15H,14,16H2,1-3H3. The Labute approximate surface area is 187 Å². The Balaban J connectivity index is 1.87. The van der Waals surface area contributed by atoms with E-state index in [2.05, 4.69) is 0 Å². The summed E-state index contributed by atoms with van der Waals surface area (Å²) in [6, 6.07) is 19.2. The summed E-state index contributed by atoms with van der Waals surface area (Å²) in [4.78, 5) is 12.2. The lowest BCUT2D eigenvalue weighted by molar-refractivity contribution is 0.0600. The van der Waals surface area contributed by atoms with E-state index in [1.54, 1.807) is 12.1 Å². The van der Waals surface area contributed by atoms with Crippen LogP contribution >= 0.6 is 0 Å². The van der Waals surface area contributed by atoms with Crippen molar-refractivity contribution >= 4 is 21.3 Å². The summed E-state index contributed by atoms with van der Waals surface area (Å²) >= 11 is 0. The molecule has 4 aromatic rings. The Bertz CT molecular complexity index is 1410. The van der Waals surface area contributed by atoms with Crippen LogP contribution in [0.2, 0.25) is 0 Å². The summed E-state index contributed by atoms with van der Waals surface area (Å²) in [6.07, 6.45) is 3.64. The lowest BCUT2D eigenvalue weighted by Crippen LogP contribution is -2.07. The van der Waals surface area contributed by atoms with Crippen molar-refractivity contribution in [2.75, 3.05) is 13.4 Å². The zero-order valence-corrected chi connectivity index (χ0v) is 19.0. The number of carbonyl (C=O) groups is 1. The van der Waals surface area contributed by atoms with Gasteiger partial charge in [0, 0.05) is 30.0 Å². The fraction of sp³-hybridized carbons (Fsp3) is 0.200. The highest BCUT2D eigenvalue weighted by Gasteiger charge is 2.18. The lowest BCUT2D eigenvalue weighted by atomic mass is 9.97. The van der Waals surface area contributed by atoms with E-state index in [1.807, 2.05) is 66.2 Å². The minimum atomic E-state index is -3.26. The number of benzene rings is 2. The summed E-state index contributed by atoms with van der Waals surface area (Å²) < 4.78 is 30.5. The zero-order chi connectivity index (χ0) is 22.9. The molecule has 0 saturated carbocycles. The first-order valence-corrected chi connectivity index (χ1v) is 12.2. The maximum Gasteiger partial charge on any atom is 0.337 e. The Hall–Kier alpha value is -3.45. The summed E-state index contributed by atoms with van der Waals surface area (Å²) in [5.74, 6) is -0.648. The number of pyridine rings is 1. The Morgan fingerprint density at radius 1 is 1.03 bits per heavy atom. The third kappa shape index (κ3) is 4.73. The first-order valence-electron chi connectivity index (χ1n) is 10.2. The summed E-state index contributed by atoms with van der Waals surface area (Å²) in [7, 11) is -1.95. The second kappa shape index (κ2) is 8.59. The number of rotatable bonds is 6. The van der Waals surface area contributed by atoms with Crippen LogP contribution < -0.4 is 0 Å². The number of nitrogens with zero attached hydrogens (tertiary/aromatic N) is 2. The molecule has 32 heavy (non-hydrogen) atoms. The molecule has 0 saturated heterocycles. The van der Waals surface area contributed by atoms with Gasteiger partial charge in [-0.2, -0.15) is 5.10 Å². The molecule has 0 bridgehead atoms. The van der Waals surface area contributed by atoms with Crippen LogP contribution in [0, 0.1) is 6.92 Å². The van der Waals surface area contributed by atoms with E-state index < -0.39 is 15.8 Å². The van der Waals surface area contributed by atoms with Gasteiger partial charge in [-0.05, 0) is 41.8 Å². The number of ether oxygens (including phenoxy) is 1. The van der Waals surface area contributed by atoms with Gasteiger partial charge < -0.3 is 4.74 Å². The minimum Gasteiger partial charge on any atom is -0.465 e. The minimum absolute atomic E-state index is 0.148. The predicted molar refractivity (Wildman–Crippen MR) is 125 cm³/mol. The van der Waals surface area contributed by atoms with E-state index in [9.17, 15) is 13.2 Å². The van der Waals surface area contributed by atoms with Crippen LogP contribution in [0.5, 0.6) is 0 Å². The maximum atomic E-state index is 12.2. The number of fused-ring (bicyclic) bond motifs is 1. The zero-order valence-electron chi connectivity index (χ0n) is 18.2. The van der Waals surface area contributed by atoms with E-state index in [4.69, 9.17) is 9.84 Å². The molecule has 0 N–H and O–H groups in total. The number of aryl methyl sites for hydroxylation is 1. The largest absolute Gasteiger partial charge is 0.465 e. The molecule has 0 aliphatic carbocycles. The van der Waals surface area contributed by atoms with Gasteiger partial charge >= 0.3 is 5.97 Å². The fourth-order valence-electron chi connectivity index (χ4n) is 3.90. The van der Waals surface area contributed by atoms with Gasteiger partial charge in [-0.3, -0.25) is 0 Å². The first-order chi connectivity index (χ1) is 15.2. The van der Waals surface area contributed by atoms with Crippen molar-refractivity contribution in [2.45, 2.75) is 19.1 Å². The molecular formula is C25H24N2O4S. The van der Waals surface area contributed by atoms with Crippen LogP contribution in [-0.4, -0.2) is 37.4 Å². The average Bonchev–Trinajstić information content (AvgIpc) is 3.09. The average molecular weight is 449 g/mol. The Morgan fingerprint density at radius 3 is 2.44 bits per heavy atom. The number of hydrogen-bond acceptors (Lipinski definition) is 5. The molecule has 0 aliphatic heterocycles. The second-order valence-corrected chi connectivity index (χ2v) is 10.1. The molecule has 164 valence electrons. The molecule has 0 fully saturated rings. The van der Waals surface area contributed by atoms with Crippen LogP contribution in [0.3, 0.4) is 0 Å². The molecule has 0 spiro atoms. The lowest BCUT2D eigenvalue weighted by Gasteiger charge is -2.10. The Morgan fingerprint density at radius 2 is 1.75 bits per heavy atom. The molecule has 0 aliphatic rings. The summed E-state index contributed by atoms with van der Waals surface area (Å²) in [5, 5.41) is 4.82. The second-order valence-electron chi connectivity index (χ2n) is 8.01. The van der Waals surface area contributed by atoms with Crippen LogP contribution in [0.15, 0.2) is 66.9 Å². The molecule has 0 unspecified atom stereocenters. The SMILES string of the molecule is COC(=O)c1cc(Cc2c(-c3ccccc3)nn3cc(C)ccc23)cc(CS(C)(=O)=O)c1. The fourth-order valence-corrected chi connectivity index (χ4v) is 4.67. The van der Waals surface area contributed by atoms with Gasteiger partial charge in [-0.1, -0.05) is 42.5 Å². The smallest absolute Gasteiger partial charge is 0.337 e. The maximum absolute atomic E-state index is 12.2. The molecule has 2 heterocycles. The molecule has 0 atom stereocenters. The monoisotopic (exact) mass is 448 g/mol. The molecule has 2 aromatic carbocycles. The van der Waals surface area contributed by atoms with Gasteiger partial charge in [0.15, 0.2) is 9.84 Å². The number of esters is 1. The van der Waals surface area contributed by atoms with Gasteiger partial charge in [-0.25, -0.2) is 17.7 Å². The van der Waals surface area contributed by atoms with Gasteiger partial charge in [-0.15, -0.1) is 0 Å². The van der Waals surface area contributed by atoms with Gasteiger partial charge in [0.25, 0.3) is 0 Å². The van der Waals surface area contributed by atoms with Crippen molar-refractivity contribution in [1.82, 2.24) is 9.61 Å². The van der Waals surface area contributed by atoms with Crippen molar-refractivity contribution < 1.29 is 17.9 Å². The molecule has 4 rings (SSSR count). The molecular weight excluding hydrogens is 424 g/mol. The van der Waals surface area contributed by atoms with E-state index >= 15 is 0 Å². The van der Waals surface area contributed by atoms with E-state index in [1.165, 1.54) is 13.4 Å². The quantitative estimate of drug-likeness (QED) is 0.413. The molecule has 7 heteroatoms. The van der Waals surface area contributed by atoms with E-state index in [-0.39, 0.29) is 5.75 Å². The first kappa shape index (κ1) is 21.8. The molecule has 0 amide bonds.